The van der Waals surface area contributed by atoms with Gasteiger partial charge in [-0.25, -0.2) is 4.98 Å². The van der Waals surface area contributed by atoms with Crippen LogP contribution >= 0.6 is 0 Å². The molecule has 1 amide bonds. The number of aliphatic hydroxyl groups excluding tert-OH is 1. The van der Waals surface area contributed by atoms with Crippen molar-refractivity contribution in [2.24, 2.45) is 0 Å². The molecule has 2 atom stereocenters. The summed E-state index contributed by atoms with van der Waals surface area (Å²) in [6.07, 6.45) is 0.913. The molecule has 1 aliphatic rings. The molecule has 1 aromatic heterocycles. The third kappa shape index (κ3) is 2.41. The minimum absolute atomic E-state index is 0.110. The monoisotopic (exact) mass is 274 g/mol. The molecule has 20 heavy (non-hydrogen) atoms. The molecule has 0 aliphatic carbocycles. The van der Waals surface area contributed by atoms with Crippen LogP contribution in [0.1, 0.15) is 31.6 Å². The summed E-state index contributed by atoms with van der Waals surface area (Å²) in [5.41, 5.74) is 1.63. The molecule has 5 heteroatoms. The van der Waals surface area contributed by atoms with Gasteiger partial charge in [0.15, 0.2) is 11.5 Å². The van der Waals surface area contributed by atoms with Crippen molar-refractivity contribution in [1.82, 2.24) is 9.88 Å². The summed E-state index contributed by atoms with van der Waals surface area (Å²) in [4.78, 5) is 18.1. The largest absolute Gasteiger partial charge is 0.440 e. The Morgan fingerprint density at radius 3 is 3.05 bits per heavy atom. The van der Waals surface area contributed by atoms with Crippen molar-refractivity contribution in [2.75, 3.05) is 13.1 Å². The molecule has 1 N–H and O–H groups in total. The number of hydrogen-bond acceptors (Lipinski definition) is 4. The number of benzene rings is 1. The zero-order valence-corrected chi connectivity index (χ0v) is 11.5. The average Bonchev–Trinajstić information content (AvgIpc) is 2.90. The van der Waals surface area contributed by atoms with Gasteiger partial charge in [0.25, 0.3) is 5.91 Å². The van der Waals surface area contributed by atoms with E-state index >= 15 is 0 Å². The zero-order valence-electron chi connectivity index (χ0n) is 11.5. The quantitative estimate of drug-likeness (QED) is 0.908. The molecule has 3 rings (SSSR count). The van der Waals surface area contributed by atoms with Crippen LogP contribution in [0.15, 0.2) is 28.7 Å². The predicted molar refractivity (Wildman–Crippen MR) is 74.2 cm³/mol. The highest BCUT2D eigenvalue weighted by atomic mass is 16.3. The van der Waals surface area contributed by atoms with E-state index in [4.69, 9.17) is 4.42 Å². The maximum absolute atomic E-state index is 11.9. The van der Waals surface area contributed by atoms with Gasteiger partial charge in [0.05, 0.1) is 5.92 Å². The fourth-order valence-electron chi connectivity index (χ4n) is 2.71. The van der Waals surface area contributed by atoms with Crippen molar-refractivity contribution in [3.8, 4) is 0 Å². The van der Waals surface area contributed by atoms with E-state index in [9.17, 15) is 9.90 Å². The van der Waals surface area contributed by atoms with E-state index in [1.54, 1.807) is 4.90 Å². The van der Waals surface area contributed by atoms with E-state index in [1.165, 1.54) is 6.92 Å². The maximum Gasteiger partial charge on any atom is 0.251 e. The molecule has 2 heterocycles. The number of para-hydroxylation sites is 2. The van der Waals surface area contributed by atoms with Crippen molar-refractivity contribution >= 4 is 17.0 Å². The molecule has 2 aromatic rings. The minimum atomic E-state index is -0.947. The average molecular weight is 274 g/mol. The first-order valence-electron chi connectivity index (χ1n) is 6.97. The highest BCUT2D eigenvalue weighted by molar-refractivity contribution is 5.80. The lowest BCUT2D eigenvalue weighted by Crippen LogP contribution is -2.43. The standard InChI is InChI=1S/C15H18N2O3/c1-10(18)15(19)17-8-4-5-11(9-17)14-16-12-6-2-3-7-13(12)20-14/h2-3,6-7,10-11,18H,4-5,8-9H2,1H3. The fraction of sp³-hybridized carbons (Fsp3) is 0.467. The molecular weight excluding hydrogens is 256 g/mol. The Labute approximate surface area is 117 Å². The van der Waals surface area contributed by atoms with Crippen molar-refractivity contribution in [3.63, 3.8) is 0 Å². The summed E-state index contributed by atoms with van der Waals surface area (Å²) >= 11 is 0. The van der Waals surface area contributed by atoms with Crippen molar-refractivity contribution in [2.45, 2.75) is 31.8 Å². The van der Waals surface area contributed by atoms with Crippen LogP contribution in [0.4, 0.5) is 0 Å². The number of oxazole rings is 1. The highest BCUT2D eigenvalue weighted by Crippen LogP contribution is 2.29. The molecule has 5 nitrogen and oxygen atoms in total. The minimum Gasteiger partial charge on any atom is -0.440 e. The number of carbonyl (C=O) groups excluding carboxylic acids is 1. The van der Waals surface area contributed by atoms with Gasteiger partial charge in [-0.1, -0.05) is 12.1 Å². The molecular formula is C15H18N2O3. The number of rotatable bonds is 2. The number of aromatic nitrogens is 1. The van der Waals surface area contributed by atoms with Gasteiger partial charge in [-0.3, -0.25) is 4.79 Å². The van der Waals surface area contributed by atoms with Gasteiger partial charge >= 0.3 is 0 Å². The van der Waals surface area contributed by atoms with Gasteiger partial charge in [-0.05, 0) is 31.9 Å². The molecule has 1 aromatic carbocycles. The van der Waals surface area contributed by atoms with E-state index in [0.717, 1.165) is 23.9 Å². The normalized spacial score (nSPS) is 21.1. The Morgan fingerprint density at radius 2 is 2.30 bits per heavy atom. The number of fused-ring (bicyclic) bond motifs is 1. The summed E-state index contributed by atoms with van der Waals surface area (Å²) in [6.45, 7) is 2.77. The molecule has 2 unspecified atom stereocenters. The number of amides is 1. The highest BCUT2D eigenvalue weighted by Gasteiger charge is 2.29. The van der Waals surface area contributed by atoms with Crippen LogP contribution < -0.4 is 0 Å². The first-order chi connectivity index (χ1) is 9.65. The van der Waals surface area contributed by atoms with Gasteiger partial charge in [0.2, 0.25) is 0 Å². The van der Waals surface area contributed by atoms with Crippen molar-refractivity contribution < 1.29 is 14.3 Å². The first kappa shape index (κ1) is 13.1. The van der Waals surface area contributed by atoms with Gasteiger partial charge in [0.1, 0.15) is 11.6 Å². The summed E-state index contributed by atoms with van der Waals surface area (Å²) in [6, 6.07) is 7.66. The van der Waals surface area contributed by atoms with Crippen molar-refractivity contribution in [3.05, 3.63) is 30.2 Å². The number of hydrogen-bond donors (Lipinski definition) is 1. The number of aliphatic hydroxyl groups is 1. The Morgan fingerprint density at radius 1 is 1.50 bits per heavy atom. The van der Waals surface area contributed by atoms with Gasteiger partial charge in [0, 0.05) is 13.1 Å². The first-order valence-corrected chi connectivity index (χ1v) is 6.97. The summed E-state index contributed by atoms with van der Waals surface area (Å²) in [5.74, 6) is 0.582. The number of piperidine rings is 1. The second-order valence-corrected chi connectivity index (χ2v) is 5.32. The van der Waals surface area contributed by atoms with Crippen LogP contribution in [0, 0.1) is 0 Å². The van der Waals surface area contributed by atoms with Crippen LogP contribution in [-0.2, 0) is 4.79 Å². The smallest absolute Gasteiger partial charge is 0.251 e. The third-order valence-corrected chi connectivity index (χ3v) is 3.75. The third-order valence-electron chi connectivity index (χ3n) is 3.75. The number of carbonyl (C=O) groups is 1. The maximum atomic E-state index is 11.9. The molecule has 0 saturated carbocycles. The molecule has 1 fully saturated rings. The van der Waals surface area contributed by atoms with Crippen molar-refractivity contribution in [1.29, 1.82) is 0 Å². The van der Waals surface area contributed by atoms with Crippen LogP contribution in [0.5, 0.6) is 0 Å². The molecule has 0 bridgehead atoms. The van der Waals surface area contributed by atoms with Crippen LogP contribution in [0.2, 0.25) is 0 Å². The van der Waals surface area contributed by atoms with Crippen LogP contribution in [0.25, 0.3) is 11.1 Å². The molecule has 0 spiro atoms. The van der Waals surface area contributed by atoms with Gasteiger partial charge in [-0.2, -0.15) is 0 Å². The summed E-state index contributed by atoms with van der Waals surface area (Å²) in [5, 5.41) is 9.41. The van der Waals surface area contributed by atoms with Gasteiger partial charge in [-0.15, -0.1) is 0 Å². The molecule has 1 aliphatic heterocycles. The van der Waals surface area contributed by atoms with E-state index in [-0.39, 0.29) is 11.8 Å². The van der Waals surface area contributed by atoms with E-state index in [1.807, 2.05) is 24.3 Å². The Hall–Kier alpha value is -1.88. The Balaban J connectivity index is 1.81. The second kappa shape index (κ2) is 5.25. The Kier molecular flexibility index (Phi) is 3.44. The number of likely N-dealkylation sites (tertiary alicyclic amines) is 1. The van der Waals surface area contributed by atoms with E-state index in [0.29, 0.717) is 19.0 Å². The lowest BCUT2D eigenvalue weighted by Gasteiger charge is -2.32. The SMILES string of the molecule is CC(O)C(=O)N1CCCC(c2nc3ccccc3o2)C1. The summed E-state index contributed by atoms with van der Waals surface area (Å²) < 4.78 is 5.78. The fourth-order valence-corrected chi connectivity index (χ4v) is 2.71. The number of nitrogens with zero attached hydrogens (tertiary/aromatic N) is 2. The summed E-state index contributed by atoms with van der Waals surface area (Å²) in [7, 11) is 0. The molecule has 0 radical (unpaired) electrons. The zero-order chi connectivity index (χ0) is 14.1. The lowest BCUT2D eigenvalue weighted by molar-refractivity contribution is -0.140. The van der Waals surface area contributed by atoms with E-state index < -0.39 is 6.10 Å². The van der Waals surface area contributed by atoms with Crippen LogP contribution in [0.3, 0.4) is 0 Å². The van der Waals surface area contributed by atoms with Crippen LogP contribution in [-0.4, -0.2) is 40.1 Å². The second-order valence-electron chi connectivity index (χ2n) is 5.32. The van der Waals surface area contributed by atoms with E-state index in [2.05, 4.69) is 4.98 Å². The topological polar surface area (TPSA) is 66.6 Å². The Bertz CT molecular complexity index is 587. The molecule has 1 saturated heterocycles. The predicted octanol–water partition coefficient (Wildman–Crippen LogP) is 1.91. The molecule has 106 valence electrons. The lowest BCUT2D eigenvalue weighted by atomic mass is 9.97. The van der Waals surface area contributed by atoms with Gasteiger partial charge < -0.3 is 14.4 Å².